The summed E-state index contributed by atoms with van der Waals surface area (Å²) in [6.07, 6.45) is 8.94. The highest BCUT2D eigenvalue weighted by Gasteiger charge is 2.29. The Morgan fingerprint density at radius 1 is 1.16 bits per heavy atom. The van der Waals surface area contributed by atoms with Crippen molar-refractivity contribution in [1.29, 1.82) is 0 Å². The van der Waals surface area contributed by atoms with Gasteiger partial charge in [-0.3, -0.25) is 4.79 Å². The molecule has 0 radical (unpaired) electrons. The van der Waals surface area contributed by atoms with E-state index in [4.69, 9.17) is 5.73 Å². The minimum absolute atomic E-state index is 0.251. The molecule has 1 aliphatic heterocycles. The Labute approximate surface area is 117 Å². The Bertz CT molecular complexity index is 314. The molecule has 1 amide bonds. The summed E-state index contributed by atoms with van der Waals surface area (Å²) in [5.74, 6) is 0.776. The molecular formula is C16H30N2O. The van der Waals surface area contributed by atoms with Crippen molar-refractivity contribution in [3.63, 3.8) is 0 Å². The summed E-state index contributed by atoms with van der Waals surface area (Å²) in [5, 5.41) is 0. The number of carbonyl (C=O) groups excluding carboxylic acids is 1. The van der Waals surface area contributed by atoms with Crippen molar-refractivity contribution in [1.82, 2.24) is 4.90 Å². The molecular weight excluding hydrogens is 236 g/mol. The minimum Gasteiger partial charge on any atom is -0.343 e. The molecule has 0 aromatic rings. The number of hydrogen-bond donors (Lipinski definition) is 1. The number of rotatable bonds is 2. The second kappa shape index (κ2) is 6.25. The van der Waals surface area contributed by atoms with Gasteiger partial charge in [-0.15, -0.1) is 0 Å². The van der Waals surface area contributed by atoms with Crippen molar-refractivity contribution in [3.8, 4) is 0 Å². The van der Waals surface area contributed by atoms with Crippen LogP contribution in [0.5, 0.6) is 0 Å². The van der Waals surface area contributed by atoms with Gasteiger partial charge in [-0.1, -0.05) is 26.7 Å². The van der Waals surface area contributed by atoms with E-state index in [9.17, 15) is 4.79 Å². The summed E-state index contributed by atoms with van der Waals surface area (Å²) >= 11 is 0. The molecule has 2 fully saturated rings. The standard InChI is InChI=1S/C16H30N2O/c1-16(2)8-5-10-18(11-9-16)15(19)12-13-6-3-4-7-14(13)17/h13-14H,3-12,17H2,1-2H3. The van der Waals surface area contributed by atoms with Gasteiger partial charge in [0.05, 0.1) is 0 Å². The van der Waals surface area contributed by atoms with E-state index in [1.165, 1.54) is 19.3 Å². The van der Waals surface area contributed by atoms with Crippen LogP contribution in [0.3, 0.4) is 0 Å². The van der Waals surface area contributed by atoms with E-state index in [-0.39, 0.29) is 6.04 Å². The molecule has 3 heteroatoms. The number of nitrogens with zero attached hydrogens (tertiary/aromatic N) is 1. The maximum atomic E-state index is 12.4. The van der Waals surface area contributed by atoms with Gasteiger partial charge < -0.3 is 10.6 Å². The fraction of sp³-hybridized carbons (Fsp3) is 0.938. The predicted molar refractivity (Wildman–Crippen MR) is 78.8 cm³/mol. The van der Waals surface area contributed by atoms with Gasteiger partial charge in [0.15, 0.2) is 0 Å². The van der Waals surface area contributed by atoms with Crippen LogP contribution in [0.25, 0.3) is 0 Å². The zero-order valence-corrected chi connectivity index (χ0v) is 12.7. The lowest BCUT2D eigenvalue weighted by atomic mass is 9.82. The van der Waals surface area contributed by atoms with Crippen LogP contribution in [0.4, 0.5) is 0 Å². The summed E-state index contributed by atoms with van der Waals surface area (Å²) in [4.78, 5) is 14.5. The van der Waals surface area contributed by atoms with Crippen LogP contribution in [0.15, 0.2) is 0 Å². The molecule has 19 heavy (non-hydrogen) atoms. The molecule has 0 bridgehead atoms. The molecule has 2 rings (SSSR count). The average molecular weight is 266 g/mol. The second-order valence-corrected chi connectivity index (χ2v) is 7.31. The molecule has 1 saturated heterocycles. The van der Waals surface area contributed by atoms with Crippen molar-refractivity contribution in [3.05, 3.63) is 0 Å². The van der Waals surface area contributed by atoms with E-state index in [0.717, 1.165) is 38.8 Å². The molecule has 110 valence electrons. The summed E-state index contributed by atoms with van der Waals surface area (Å²) in [5.41, 5.74) is 6.56. The molecule has 0 aromatic heterocycles. The highest BCUT2D eigenvalue weighted by molar-refractivity contribution is 5.76. The molecule has 0 aromatic carbocycles. The van der Waals surface area contributed by atoms with Crippen molar-refractivity contribution in [2.24, 2.45) is 17.1 Å². The van der Waals surface area contributed by atoms with Gasteiger partial charge in [-0.25, -0.2) is 0 Å². The van der Waals surface area contributed by atoms with E-state index in [0.29, 0.717) is 23.7 Å². The van der Waals surface area contributed by atoms with Crippen LogP contribution >= 0.6 is 0 Å². The van der Waals surface area contributed by atoms with Crippen molar-refractivity contribution >= 4 is 5.91 Å². The third-order valence-corrected chi connectivity index (χ3v) is 5.10. The SMILES string of the molecule is CC1(C)CCCN(C(=O)CC2CCCCC2N)CC1. The third-order valence-electron chi connectivity index (χ3n) is 5.10. The normalized spacial score (nSPS) is 31.8. The summed E-state index contributed by atoms with van der Waals surface area (Å²) in [6.45, 7) is 6.52. The molecule has 3 nitrogen and oxygen atoms in total. The van der Waals surface area contributed by atoms with Crippen molar-refractivity contribution in [2.75, 3.05) is 13.1 Å². The number of nitrogens with two attached hydrogens (primary N) is 1. The Hall–Kier alpha value is -0.570. The zero-order chi connectivity index (χ0) is 13.9. The number of carbonyl (C=O) groups is 1. The lowest BCUT2D eigenvalue weighted by molar-refractivity contribution is -0.132. The summed E-state index contributed by atoms with van der Waals surface area (Å²) in [6, 6.07) is 0.251. The van der Waals surface area contributed by atoms with Crippen LogP contribution in [0.2, 0.25) is 0 Å². The maximum absolute atomic E-state index is 12.4. The smallest absolute Gasteiger partial charge is 0.222 e. The quantitative estimate of drug-likeness (QED) is 0.835. The van der Waals surface area contributed by atoms with E-state index < -0.39 is 0 Å². The summed E-state index contributed by atoms with van der Waals surface area (Å²) < 4.78 is 0. The fourth-order valence-corrected chi connectivity index (χ4v) is 3.52. The lowest BCUT2D eigenvalue weighted by Crippen LogP contribution is -2.39. The van der Waals surface area contributed by atoms with Gasteiger partial charge in [0.25, 0.3) is 0 Å². The van der Waals surface area contributed by atoms with Crippen molar-refractivity contribution < 1.29 is 4.79 Å². The van der Waals surface area contributed by atoms with Gasteiger partial charge in [0.1, 0.15) is 0 Å². The van der Waals surface area contributed by atoms with E-state index in [2.05, 4.69) is 18.7 Å². The Morgan fingerprint density at radius 3 is 2.63 bits per heavy atom. The Kier molecular flexibility index (Phi) is 4.88. The number of amides is 1. The Balaban J connectivity index is 1.85. The molecule has 1 heterocycles. The topological polar surface area (TPSA) is 46.3 Å². The van der Waals surface area contributed by atoms with Crippen LogP contribution in [0, 0.1) is 11.3 Å². The minimum atomic E-state index is 0.251. The van der Waals surface area contributed by atoms with Gasteiger partial charge in [-0.05, 0) is 43.4 Å². The monoisotopic (exact) mass is 266 g/mol. The lowest BCUT2D eigenvalue weighted by Gasteiger charge is -2.30. The first-order valence-electron chi connectivity index (χ1n) is 8.01. The largest absolute Gasteiger partial charge is 0.343 e. The van der Waals surface area contributed by atoms with E-state index in [1.54, 1.807) is 0 Å². The second-order valence-electron chi connectivity index (χ2n) is 7.31. The Morgan fingerprint density at radius 2 is 1.89 bits per heavy atom. The summed E-state index contributed by atoms with van der Waals surface area (Å²) in [7, 11) is 0. The molecule has 2 unspecified atom stereocenters. The zero-order valence-electron chi connectivity index (χ0n) is 12.7. The highest BCUT2D eigenvalue weighted by atomic mass is 16.2. The van der Waals surface area contributed by atoms with Gasteiger partial charge in [-0.2, -0.15) is 0 Å². The number of hydrogen-bond acceptors (Lipinski definition) is 2. The van der Waals surface area contributed by atoms with E-state index in [1.807, 2.05) is 0 Å². The van der Waals surface area contributed by atoms with Gasteiger partial charge >= 0.3 is 0 Å². The van der Waals surface area contributed by atoms with Crippen LogP contribution in [0.1, 0.15) is 65.2 Å². The highest BCUT2D eigenvalue weighted by Crippen LogP contribution is 2.31. The third kappa shape index (κ3) is 4.20. The van der Waals surface area contributed by atoms with Gasteiger partial charge in [0, 0.05) is 25.6 Å². The first-order valence-corrected chi connectivity index (χ1v) is 8.01. The van der Waals surface area contributed by atoms with Crippen LogP contribution in [-0.2, 0) is 4.79 Å². The molecule has 1 saturated carbocycles. The maximum Gasteiger partial charge on any atom is 0.222 e. The number of likely N-dealkylation sites (tertiary alicyclic amines) is 1. The molecule has 2 N–H and O–H groups in total. The predicted octanol–water partition coefficient (Wildman–Crippen LogP) is 2.93. The van der Waals surface area contributed by atoms with E-state index >= 15 is 0 Å². The molecule has 0 spiro atoms. The molecule has 2 atom stereocenters. The first kappa shape index (κ1) is 14.8. The molecule has 1 aliphatic carbocycles. The average Bonchev–Trinajstić information content (AvgIpc) is 2.53. The first-order chi connectivity index (χ1) is 8.98. The van der Waals surface area contributed by atoms with Crippen LogP contribution < -0.4 is 5.73 Å². The van der Waals surface area contributed by atoms with Crippen molar-refractivity contribution in [2.45, 2.75) is 71.3 Å². The van der Waals surface area contributed by atoms with Gasteiger partial charge in [0.2, 0.25) is 5.91 Å². The molecule has 2 aliphatic rings. The fourth-order valence-electron chi connectivity index (χ4n) is 3.52. The van der Waals surface area contributed by atoms with Crippen LogP contribution in [-0.4, -0.2) is 29.9 Å².